The van der Waals surface area contributed by atoms with Gasteiger partial charge in [0.25, 0.3) is 0 Å². The van der Waals surface area contributed by atoms with E-state index in [0.717, 1.165) is 5.56 Å². The van der Waals surface area contributed by atoms with Crippen LogP contribution in [-0.2, 0) is 10.4 Å². The van der Waals surface area contributed by atoms with E-state index in [1.54, 1.807) is 0 Å². The topological polar surface area (TPSA) is 35.2 Å². The van der Waals surface area contributed by atoms with Crippen LogP contribution in [-0.4, -0.2) is 20.3 Å². The molecule has 1 rings (SSSR count). The van der Waals surface area contributed by atoms with Crippen molar-refractivity contribution in [1.82, 2.24) is 0 Å². The fourth-order valence-electron chi connectivity index (χ4n) is 1.76. The lowest BCUT2D eigenvalue weighted by Gasteiger charge is -2.25. The van der Waals surface area contributed by atoms with Crippen LogP contribution in [0.2, 0.25) is 0 Å². The van der Waals surface area contributed by atoms with Crippen LogP contribution in [0.15, 0.2) is 24.3 Å². The van der Waals surface area contributed by atoms with E-state index in [1.807, 2.05) is 31.2 Å². The van der Waals surface area contributed by atoms with E-state index in [1.165, 1.54) is 7.11 Å². The number of methoxy groups -OCH3 is 1. The zero-order chi connectivity index (χ0) is 12.0. The summed E-state index contributed by atoms with van der Waals surface area (Å²) in [5.41, 5.74) is 5.81. The van der Waals surface area contributed by atoms with Gasteiger partial charge in [0.15, 0.2) is 5.67 Å². The van der Waals surface area contributed by atoms with Crippen molar-refractivity contribution in [2.75, 3.05) is 20.3 Å². The number of rotatable bonds is 6. The molecule has 0 heterocycles. The van der Waals surface area contributed by atoms with Crippen LogP contribution in [0.4, 0.5) is 4.39 Å². The van der Waals surface area contributed by atoms with Gasteiger partial charge in [0.1, 0.15) is 0 Å². The highest BCUT2D eigenvalue weighted by atomic mass is 19.1. The van der Waals surface area contributed by atoms with Crippen molar-refractivity contribution in [3.8, 4) is 0 Å². The first-order chi connectivity index (χ1) is 7.62. The van der Waals surface area contributed by atoms with Gasteiger partial charge in [-0.15, -0.1) is 0 Å². The molecule has 90 valence electrons. The molecule has 3 heteroatoms. The minimum absolute atomic E-state index is 0.0794. The molecule has 1 aromatic rings. The molecule has 16 heavy (non-hydrogen) atoms. The quantitative estimate of drug-likeness (QED) is 0.807. The van der Waals surface area contributed by atoms with Crippen LogP contribution in [0, 0.1) is 6.92 Å². The summed E-state index contributed by atoms with van der Waals surface area (Å²) in [6, 6.07) is 7.49. The Hall–Kier alpha value is -0.930. The maximum atomic E-state index is 14.7. The predicted molar refractivity (Wildman–Crippen MR) is 64.1 cm³/mol. The highest BCUT2D eigenvalue weighted by molar-refractivity contribution is 5.26. The van der Waals surface area contributed by atoms with Crippen molar-refractivity contribution < 1.29 is 9.13 Å². The molecule has 1 atom stereocenters. The van der Waals surface area contributed by atoms with Gasteiger partial charge in [-0.25, -0.2) is 4.39 Å². The zero-order valence-corrected chi connectivity index (χ0v) is 10.0. The number of nitrogens with two attached hydrogens (primary N) is 1. The average Bonchev–Trinajstić information content (AvgIpc) is 2.27. The lowest BCUT2D eigenvalue weighted by molar-refractivity contribution is 0.0304. The number of benzene rings is 1. The Morgan fingerprint density at radius 2 is 1.94 bits per heavy atom. The lowest BCUT2D eigenvalue weighted by atomic mass is 9.91. The molecule has 0 fully saturated rings. The maximum absolute atomic E-state index is 14.7. The maximum Gasteiger partial charge on any atom is 0.159 e. The summed E-state index contributed by atoms with van der Waals surface area (Å²) in [7, 11) is 1.52. The third kappa shape index (κ3) is 3.29. The van der Waals surface area contributed by atoms with E-state index in [4.69, 9.17) is 10.5 Å². The molecule has 2 N–H and O–H groups in total. The number of ether oxygens (including phenoxy) is 1. The van der Waals surface area contributed by atoms with Crippen LogP contribution in [0.1, 0.15) is 24.0 Å². The van der Waals surface area contributed by atoms with Crippen molar-refractivity contribution in [2.24, 2.45) is 5.73 Å². The van der Waals surface area contributed by atoms with Crippen LogP contribution < -0.4 is 5.73 Å². The SMILES string of the molecule is COCC(F)(CCCN)c1ccc(C)cc1. The molecule has 0 saturated carbocycles. The van der Waals surface area contributed by atoms with Gasteiger partial charge in [0.2, 0.25) is 0 Å². The number of aryl methyl sites for hydroxylation is 1. The second kappa shape index (κ2) is 5.97. The molecule has 0 aliphatic heterocycles. The summed E-state index contributed by atoms with van der Waals surface area (Å²) >= 11 is 0. The summed E-state index contributed by atoms with van der Waals surface area (Å²) < 4.78 is 19.6. The molecule has 0 aliphatic rings. The monoisotopic (exact) mass is 225 g/mol. The first-order valence-corrected chi connectivity index (χ1v) is 5.57. The highest BCUT2D eigenvalue weighted by Crippen LogP contribution is 2.31. The van der Waals surface area contributed by atoms with Gasteiger partial charge in [-0.1, -0.05) is 29.8 Å². The Kier molecular flexibility index (Phi) is 4.90. The zero-order valence-electron chi connectivity index (χ0n) is 10.0. The van der Waals surface area contributed by atoms with Gasteiger partial charge in [-0.2, -0.15) is 0 Å². The molecule has 0 aliphatic carbocycles. The molecule has 0 aromatic heterocycles. The van der Waals surface area contributed by atoms with Gasteiger partial charge >= 0.3 is 0 Å². The van der Waals surface area contributed by atoms with Gasteiger partial charge in [0.05, 0.1) is 6.61 Å². The number of alkyl halides is 1. The molecular formula is C13H20FNO. The largest absolute Gasteiger partial charge is 0.381 e. The Morgan fingerprint density at radius 1 is 1.31 bits per heavy atom. The Balaban J connectivity index is 2.86. The summed E-state index contributed by atoms with van der Waals surface area (Å²) in [4.78, 5) is 0. The smallest absolute Gasteiger partial charge is 0.159 e. The number of hydrogen-bond acceptors (Lipinski definition) is 2. The molecule has 0 amide bonds. The van der Waals surface area contributed by atoms with Crippen molar-refractivity contribution in [3.63, 3.8) is 0 Å². The van der Waals surface area contributed by atoms with E-state index < -0.39 is 5.67 Å². The molecule has 1 unspecified atom stereocenters. The normalized spacial score (nSPS) is 14.8. The third-order valence-electron chi connectivity index (χ3n) is 2.72. The second-order valence-corrected chi connectivity index (χ2v) is 4.16. The van der Waals surface area contributed by atoms with Gasteiger partial charge in [-0.05, 0) is 31.9 Å². The van der Waals surface area contributed by atoms with Crippen molar-refractivity contribution >= 4 is 0 Å². The van der Waals surface area contributed by atoms with E-state index in [-0.39, 0.29) is 6.61 Å². The van der Waals surface area contributed by atoms with E-state index >= 15 is 0 Å². The minimum Gasteiger partial charge on any atom is -0.381 e. The molecule has 0 spiro atoms. The summed E-state index contributed by atoms with van der Waals surface area (Å²) in [6.07, 6.45) is 1.06. The minimum atomic E-state index is -1.41. The average molecular weight is 225 g/mol. The lowest BCUT2D eigenvalue weighted by Crippen LogP contribution is -2.27. The standard InChI is InChI=1S/C13H20FNO/c1-11-4-6-12(7-5-11)13(14,10-16-2)8-3-9-15/h4-7H,3,8-10,15H2,1-2H3. The molecule has 0 saturated heterocycles. The van der Waals surface area contributed by atoms with Crippen LogP contribution in [0.25, 0.3) is 0 Å². The Morgan fingerprint density at radius 3 is 2.44 bits per heavy atom. The summed E-state index contributed by atoms with van der Waals surface area (Å²) in [5.74, 6) is 0. The fourth-order valence-corrected chi connectivity index (χ4v) is 1.76. The third-order valence-corrected chi connectivity index (χ3v) is 2.72. The van der Waals surface area contributed by atoms with Crippen molar-refractivity contribution in [1.29, 1.82) is 0 Å². The first-order valence-electron chi connectivity index (χ1n) is 5.57. The molecule has 0 bridgehead atoms. The van der Waals surface area contributed by atoms with Crippen LogP contribution in [0.3, 0.4) is 0 Å². The van der Waals surface area contributed by atoms with E-state index in [2.05, 4.69) is 0 Å². The Bertz CT molecular complexity index is 312. The number of halogens is 1. The van der Waals surface area contributed by atoms with Gasteiger partial charge < -0.3 is 10.5 Å². The Labute approximate surface area is 96.6 Å². The van der Waals surface area contributed by atoms with E-state index in [9.17, 15) is 4.39 Å². The van der Waals surface area contributed by atoms with Gasteiger partial charge in [0, 0.05) is 7.11 Å². The number of hydrogen-bond donors (Lipinski definition) is 1. The van der Waals surface area contributed by atoms with Crippen LogP contribution >= 0.6 is 0 Å². The van der Waals surface area contributed by atoms with Crippen LogP contribution in [0.5, 0.6) is 0 Å². The highest BCUT2D eigenvalue weighted by Gasteiger charge is 2.31. The van der Waals surface area contributed by atoms with Crippen molar-refractivity contribution in [3.05, 3.63) is 35.4 Å². The molecule has 1 aromatic carbocycles. The fraction of sp³-hybridized carbons (Fsp3) is 0.538. The van der Waals surface area contributed by atoms with E-state index in [0.29, 0.717) is 24.9 Å². The first kappa shape index (κ1) is 13.1. The predicted octanol–water partition coefficient (Wildman–Crippen LogP) is 2.55. The molecular weight excluding hydrogens is 205 g/mol. The van der Waals surface area contributed by atoms with Crippen molar-refractivity contribution in [2.45, 2.75) is 25.4 Å². The molecule has 0 radical (unpaired) electrons. The summed E-state index contributed by atoms with van der Waals surface area (Å²) in [5, 5.41) is 0. The second-order valence-electron chi connectivity index (χ2n) is 4.16. The summed E-state index contributed by atoms with van der Waals surface area (Å²) in [6.45, 7) is 2.57. The van der Waals surface area contributed by atoms with Gasteiger partial charge in [-0.3, -0.25) is 0 Å². The molecule has 2 nitrogen and oxygen atoms in total.